The van der Waals surface area contributed by atoms with Crippen molar-refractivity contribution >= 4 is 17.7 Å². The van der Waals surface area contributed by atoms with Crippen LogP contribution in [0.3, 0.4) is 0 Å². The topological polar surface area (TPSA) is 38.8 Å². The molecular formula is C18H23NO3S. The second-order valence-corrected chi connectivity index (χ2v) is 7.70. The lowest BCUT2D eigenvalue weighted by Gasteiger charge is -2.37. The van der Waals surface area contributed by atoms with Crippen LogP contribution in [0.2, 0.25) is 0 Å². The first-order valence-corrected chi connectivity index (χ1v) is 9.53. The Balaban J connectivity index is 1.37. The van der Waals surface area contributed by atoms with E-state index in [1.807, 2.05) is 16.7 Å². The lowest BCUT2D eigenvalue weighted by molar-refractivity contribution is -0.187. The molecule has 124 valence electrons. The number of thioether (sulfide) groups is 1. The summed E-state index contributed by atoms with van der Waals surface area (Å²) in [6.45, 7) is 2.83. The molecule has 0 bridgehead atoms. The standard InChI is InChI=1S/C18H23NO3S/c20-17(19-7-5-18(6-8-19)21-9-10-22-18)13-14-3-4-16-15(12-14)2-1-11-23-16/h3-4,12H,1-2,5-11,13H2. The average Bonchev–Trinajstić information content (AvgIpc) is 3.03. The molecule has 0 aromatic heterocycles. The Labute approximate surface area is 141 Å². The molecule has 3 heterocycles. The third-order valence-electron chi connectivity index (χ3n) is 5.02. The normalized spacial score (nSPS) is 23.0. The van der Waals surface area contributed by atoms with Crippen molar-refractivity contribution in [1.82, 2.24) is 4.90 Å². The average molecular weight is 333 g/mol. The molecule has 0 N–H and O–H groups in total. The Morgan fingerprint density at radius 1 is 1.22 bits per heavy atom. The number of carbonyl (C=O) groups is 1. The number of rotatable bonds is 2. The molecule has 4 rings (SSSR count). The maximum absolute atomic E-state index is 12.6. The number of nitrogens with zero attached hydrogens (tertiary/aromatic N) is 1. The summed E-state index contributed by atoms with van der Waals surface area (Å²) in [7, 11) is 0. The van der Waals surface area contributed by atoms with Crippen molar-refractivity contribution < 1.29 is 14.3 Å². The number of hydrogen-bond acceptors (Lipinski definition) is 4. The van der Waals surface area contributed by atoms with E-state index in [1.165, 1.54) is 22.6 Å². The van der Waals surface area contributed by atoms with E-state index in [0.717, 1.165) is 37.9 Å². The maximum atomic E-state index is 12.6. The molecule has 5 heteroatoms. The molecule has 1 aromatic carbocycles. The van der Waals surface area contributed by atoms with Gasteiger partial charge < -0.3 is 14.4 Å². The highest BCUT2D eigenvalue weighted by Crippen LogP contribution is 2.32. The molecule has 0 unspecified atom stereocenters. The summed E-state index contributed by atoms with van der Waals surface area (Å²) in [4.78, 5) is 15.9. The van der Waals surface area contributed by atoms with Crippen molar-refractivity contribution in [3.8, 4) is 0 Å². The molecule has 4 nitrogen and oxygen atoms in total. The summed E-state index contributed by atoms with van der Waals surface area (Å²) in [6, 6.07) is 6.53. The van der Waals surface area contributed by atoms with Crippen LogP contribution in [0.15, 0.2) is 23.1 Å². The largest absolute Gasteiger partial charge is 0.347 e. The second-order valence-electron chi connectivity index (χ2n) is 6.56. The van der Waals surface area contributed by atoms with E-state index in [4.69, 9.17) is 9.47 Å². The zero-order valence-electron chi connectivity index (χ0n) is 13.4. The minimum absolute atomic E-state index is 0.223. The predicted octanol–water partition coefficient (Wildman–Crippen LogP) is 2.63. The fourth-order valence-corrected chi connectivity index (χ4v) is 4.71. The van der Waals surface area contributed by atoms with E-state index in [1.54, 1.807) is 0 Å². The highest BCUT2D eigenvalue weighted by molar-refractivity contribution is 7.99. The van der Waals surface area contributed by atoms with Crippen molar-refractivity contribution in [3.63, 3.8) is 0 Å². The lowest BCUT2D eigenvalue weighted by Crippen LogP contribution is -2.47. The van der Waals surface area contributed by atoms with Crippen molar-refractivity contribution in [1.29, 1.82) is 0 Å². The Bertz CT molecular complexity index is 588. The minimum atomic E-state index is -0.403. The number of likely N-dealkylation sites (tertiary alicyclic amines) is 1. The van der Waals surface area contributed by atoms with Crippen LogP contribution in [0.1, 0.15) is 30.4 Å². The second kappa shape index (κ2) is 6.46. The molecule has 2 fully saturated rings. The maximum Gasteiger partial charge on any atom is 0.226 e. The van der Waals surface area contributed by atoms with Gasteiger partial charge in [-0.15, -0.1) is 11.8 Å². The number of hydrogen-bond donors (Lipinski definition) is 0. The van der Waals surface area contributed by atoms with Crippen molar-refractivity contribution in [2.45, 2.75) is 42.8 Å². The van der Waals surface area contributed by atoms with Crippen LogP contribution in [-0.2, 0) is 27.1 Å². The molecular weight excluding hydrogens is 310 g/mol. The third kappa shape index (κ3) is 3.28. The number of ether oxygens (including phenoxy) is 2. The van der Waals surface area contributed by atoms with Crippen molar-refractivity contribution in [3.05, 3.63) is 29.3 Å². The summed E-state index contributed by atoms with van der Waals surface area (Å²) >= 11 is 1.93. The fourth-order valence-electron chi connectivity index (χ4n) is 3.69. The predicted molar refractivity (Wildman–Crippen MR) is 89.6 cm³/mol. The number of aryl methyl sites for hydroxylation is 1. The molecule has 1 aromatic rings. The van der Waals surface area contributed by atoms with Gasteiger partial charge in [0.15, 0.2) is 5.79 Å². The highest BCUT2D eigenvalue weighted by atomic mass is 32.2. The van der Waals surface area contributed by atoms with Crippen LogP contribution in [-0.4, -0.2) is 48.7 Å². The number of fused-ring (bicyclic) bond motifs is 1. The first kappa shape index (κ1) is 15.5. The van der Waals surface area contributed by atoms with Gasteiger partial charge in [0.1, 0.15) is 0 Å². The molecule has 1 spiro atoms. The van der Waals surface area contributed by atoms with Crippen LogP contribution in [0, 0.1) is 0 Å². The SMILES string of the molecule is O=C(Cc1ccc2c(c1)CCCS2)N1CCC2(CC1)OCCO2. The highest BCUT2D eigenvalue weighted by Gasteiger charge is 2.40. The summed E-state index contributed by atoms with van der Waals surface area (Å²) < 4.78 is 11.5. The molecule has 23 heavy (non-hydrogen) atoms. The van der Waals surface area contributed by atoms with Gasteiger partial charge in [-0.05, 0) is 35.8 Å². The van der Waals surface area contributed by atoms with E-state index in [-0.39, 0.29) is 5.91 Å². The molecule has 0 radical (unpaired) electrons. The van der Waals surface area contributed by atoms with E-state index < -0.39 is 5.79 Å². The van der Waals surface area contributed by atoms with E-state index in [2.05, 4.69) is 18.2 Å². The molecule has 0 aliphatic carbocycles. The van der Waals surface area contributed by atoms with Gasteiger partial charge in [-0.25, -0.2) is 0 Å². The van der Waals surface area contributed by atoms with Gasteiger partial charge >= 0.3 is 0 Å². The van der Waals surface area contributed by atoms with Crippen LogP contribution in [0.4, 0.5) is 0 Å². The monoisotopic (exact) mass is 333 g/mol. The van der Waals surface area contributed by atoms with Crippen LogP contribution in [0.5, 0.6) is 0 Å². The van der Waals surface area contributed by atoms with Gasteiger partial charge in [0.05, 0.1) is 19.6 Å². The van der Waals surface area contributed by atoms with Gasteiger partial charge in [-0.1, -0.05) is 12.1 Å². The van der Waals surface area contributed by atoms with E-state index in [9.17, 15) is 4.79 Å². The van der Waals surface area contributed by atoms with Gasteiger partial charge in [-0.3, -0.25) is 4.79 Å². The van der Waals surface area contributed by atoms with Crippen molar-refractivity contribution in [2.24, 2.45) is 0 Å². The minimum Gasteiger partial charge on any atom is -0.347 e. The molecule has 0 saturated carbocycles. The summed E-state index contributed by atoms with van der Waals surface area (Å²) in [5.74, 6) is 1.03. The fraction of sp³-hybridized carbons (Fsp3) is 0.611. The smallest absolute Gasteiger partial charge is 0.226 e. The zero-order valence-corrected chi connectivity index (χ0v) is 14.2. The number of carbonyl (C=O) groups excluding carboxylic acids is 1. The Hall–Kier alpha value is -1.04. The van der Waals surface area contributed by atoms with E-state index >= 15 is 0 Å². The summed E-state index contributed by atoms with van der Waals surface area (Å²) in [6.07, 6.45) is 4.47. The van der Waals surface area contributed by atoms with Crippen LogP contribution in [0.25, 0.3) is 0 Å². The quantitative estimate of drug-likeness (QED) is 0.834. The molecule has 3 aliphatic heterocycles. The van der Waals surface area contributed by atoms with E-state index in [0.29, 0.717) is 19.6 Å². The Morgan fingerprint density at radius 2 is 2.00 bits per heavy atom. The van der Waals surface area contributed by atoms with Crippen LogP contribution < -0.4 is 0 Å². The third-order valence-corrected chi connectivity index (χ3v) is 6.22. The lowest BCUT2D eigenvalue weighted by atomic mass is 10.0. The van der Waals surface area contributed by atoms with Gasteiger partial charge in [0.25, 0.3) is 0 Å². The molecule has 3 aliphatic rings. The summed E-state index contributed by atoms with van der Waals surface area (Å²) in [5.41, 5.74) is 2.56. The Morgan fingerprint density at radius 3 is 2.78 bits per heavy atom. The van der Waals surface area contributed by atoms with Gasteiger partial charge in [0.2, 0.25) is 5.91 Å². The number of amides is 1. The summed E-state index contributed by atoms with van der Waals surface area (Å²) in [5, 5.41) is 0. The Kier molecular flexibility index (Phi) is 4.35. The molecule has 1 amide bonds. The zero-order chi connectivity index (χ0) is 15.7. The van der Waals surface area contributed by atoms with Crippen molar-refractivity contribution in [2.75, 3.05) is 32.1 Å². The molecule has 0 atom stereocenters. The first-order valence-electron chi connectivity index (χ1n) is 8.54. The number of benzene rings is 1. The molecule has 2 saturated heterocycles. The van der Waals surface area contributed by atoms with Gasteiger partial charge in [-0.2, -0.15) is 0 Å². The first-order chi connectivity index (χ1) is 11.2. The number of piperidine rings is 1. The van der Waals surface area contributed by atoms with Gasteiger partial charge in [0, 0.05) is 30.8 Å². The van der Waals surface area contributed by atoms with Crippen LogP contribution >= 0.6 is 11.8 Å².